The molecule has 1 aliphatic rings. The van der Waals surface area contributed by atoms with Crippen molar-refractivity contribution in [1.82, 2.24) is 4.98 Å². The van der Waals surface area contributed by atoms with Gasteiger partial charge in [0.05, 0.1) is 5.60 Å². The Balaban J connectivity index is 2.39. The molecule has 0 amide bonds. The number of rotatable bonds is 1. The van der Waals surface area contributed by atoms with E-state index in [2.05, 4.69) is 32.7 Å². The van der Waals surface area contributed by atoms with Gasteiger partial charge < -0.3 is 5.11 Å². The molecule has 2 rings (SSSR count). The van der Waals surface area contributed by atoms with Crippen molar-refractivity contribution in [2.24, 2.45) is 11.3 Å². The Bertz CT molecular complexity index is 413. The molecule has 1 heterocycles. The largest absolute Gasteiger partial charge is 0.385 e. The molecular formula is C15H23NO. The highest BCUT2D eigenvalue weighted by molar-refractivity contribution is 5.29. The van der Waals surface area contributed by atoms with Gasteiger partial charge in [0, 0.05) is 18.0 Å². The third kappa shape index (κ3) is 2.52. The van der Waals surface area contributed by atoms with Gasteiger partial charge in [0.1, 0.15) is 0 Å². The van der Waals surface area contributed by atoms with Crippen molar-refractivity contribution in [3.63, 3.8) is 0 Å². The lowest BCUT2D eigenvalue weighted by atomic mass is 9.63. The first kappa shape index (κ1) is 12.6. The Hall–Kier alpha value is -0.890. The molecule has 0 aliphatic heterocycles. The highest BCUT2D eigenvalue weighted by atomic mass is 16.3. The number of hydrogen-bond donors (Lipinski definition) is 1. The zero-order valence-electron chi connectivity index (χ0n) is 11.3. The van der Waals surface area contributed by atoms with Gasteiger partial charge in [-0.3, -0.25) is 4.98 Å². The summed E-state index contributed by atoms with van der Waals surface area (Å²) in [5.74, 6) is 0.559. The van der Waals surface area contributed by atoms with Crippen LogP contribution in [0.4, 0.5) is 0 Å². The zero-order chi connectivity index (χ0) is 12.7. The molecule has 0 saturated heterocycles. The Labute approximate surface area is 104 Å². The number of aryl methyl sites for hydroxylation is 1. The number of aromatic nitrogens is 1. The minimum absolute atomic E-state index is 0.203. The van der Waals surface area contributed by atoms with Gasteiger partial charge in [0.25, 0.3) is 0 Å². The van der Waals surface area contributed by atoms with Crippen LogP contribution in [-0.4, -0.2) is 10.1 Å². The third-order valence-corrected chi connectivity index (χ3v) is 3.90. The van der Waals surface area contributed by atoms with Crippen LogP contribution in [0.1, 0.15) is 51.2 Å². The SMILES string of the molecule is Cc1ccncc1C1(O)CC(C)CC(C)(C)C1. The normalized spacial score (nSPS) is 32.4. The number of hydrogen-bond acceptors (Lipinski definition) is 2. The smallest absolute Gasteiger partial charge is 0.0921 e. The average molecular weight is 233 g/mol. The molecular weight excluding hydrogens is 210 g/mol. The van der Waals surface area contributed by atoms with E-state index in [1.807, 2.05) is 12.3 Å². The Morgan fingerprint density at radius 1 is 1.35 bits per heavy atom. The first-order valence-corrected chi connectivity index (χ1v) is 6.46. The van der Waals surface area contributed by atoms with Crippen LogP contribution >= 0.6 is 0 Å². The van der Waals surface area contributed by atoms with E-state index in [-0.39, 0.29) is 5.41 Å². The van der Waals surface area contributed by atoms with Crippen LogP contribution in [0.15, 0.2) is 18.5 Å². The van der Waals surface area contributed by atoms with Crippen LogP contribution in [0.25, 0.3) is 0 Å². The average Bonchev–Trinajstić information content (AvgIpc) is 2.13. The fourth-order valence-electron chi connectivity index (χ4n) is 3.68. The van der Waals surface area contributed by atoms with Crippen LogP contribution in [0, 0.1) is 18.3 Å². The minimum atomic E-state index is -0.695. The van der Waals surface area contributed by atoms with E-state index in [9.17, 15) is 5.11 Å². The lowest BCUT2D eigenvalue weighted by Gasteiger charge is -2.45. The summed E-state index contributed by atoms with van der Waals surface area (Å²) in [6, 6.07) is 1.99. The zero-order valence-corrected chi connectivity index (χ0v) is 11.3. The van der Waals surface area contributed by atoms with Gasteiger partial charge in [0.2, 0.25) is 0 Å². The summed E-state index contributed by atoms with van der Waals surface area (Å²) in [7, 11) is 0. The summed E-state index contributed by atoms with van der Waals surface area (Å²) in [6.07, 6.45) is 6.50. The molecule has 2 unspecified atom stereocenters. The summed E-state index contributed by atoms with van der Waals surface area (Å²) in [5.41, 5.74) is 1.67. The second-order valence-corrected chi connectivity index (χ2v) is 6.58. The van der Waals surface area contributed by atoms with E-state index >= 15 is 0 Å². The van der Waals surface area contributed by atoms with Gasteiger partial charge in [-0.15, -0.1) is 0 Å². The van der Waals surface area contributed by atoms with Crippen LogP contribution in [0.3, 0.4) is 0 Å². The van der Waals surface area contributed by atoms with E-state index in [0.717, 1.165) is 24.0 Å². The maximum atomic E-state index is 11.0. The molecule has 1 fully saturated rings. The second-order valence-electron chi connectivity index (χ2n) is 6.58. The predicted octanol–water partition coefficient (Wildman–Crippen LogP) is 3.42. The minimum Gasteiger partial charge on any atom is -0.385 e. The molecule has 1 N–H and O–H groups in total. The van der Waals surface area contributed by atoms with Crippen molar-refractivity contribution in [3.05, 3.63) is 29.6 Å². The van der Waals surface area contributed by atoms with Gasteiger partial charge in [0.15, 0.2) is 0 Å². The van der Waals surface area contributed by atoms with Crippen molar-refractivity contribution >= 4 is 0 Å². The number of pyridine rings is 1. The third-order valence-electron chi connectivity index (χ3n) is 3.90. The Morgan fingerprint density at radius 3 is 2.65 bits per heavy atom. The van der Waals surface area contributed by atoms with E-state index in [1.54, 1.807) is 6.20 Å². The first-order chi connectivity index (χ1) is 7.82. The lowest BCUT2D eigenvalue weighted by molar-refractivity contribution is -0.0641. The molecule has 0 aromatic carbocycles. The summed E-state index contributed by atoms with van der Waals surface area (Å²) in [5, 5.41) is 11.0. The molecule has 1 aromatic rings. The Kier molecular flexibility index (Phi) is 3.03. The van der Waals surface area contributed by atoms with Crippen molar-refractivity contribution in [2.75, 3.05) is 0 Å². The molecule has 0 spiro atoms. The molecule has 1 saturated carbocycles. The van der Waals surface area contributed by atoms with Crippen molar-refractivity contribution < 1.29 is 5.11 Å². The molecule has 1 aliphatic carbocycles. The molecule has 94 valence electrons. The lowest BCUT2D eigenvalue weighted by Crippen LogP contribution is -2.40. The fraction of sp³-hybridized carbons (Fsp3) is 0.667. The topological polar surface area (TPSA) is 33.1 Å². The highest BCUT2D eigenvalue weighted by Gasteiger charge is 2.43. The van der Waals surface area contributed by atoms with Crippen molar-refractivity contribution in [3.8, 4) is 0 Å². The first-order valence-electron chi connectivity index (χ1n) is 6.46. The van der Waals surface area contributed by atoms with E-state index in [1.165, 1.54) is 6.42 Å². The van der Waals surface area contributed by atoms with E-state index < -0.39 is 5.60 Å². The van der Waals surface area contributed by atoms with Gasteiger partial charge >= 0.3 is 0 Å². The van der Waals surface area contributed by atoms with Crippen LogP contribution in [0.5, 0.6) is 0 Å². The molecule has 1 aromatic heterocycles. The summed E-state index contributed by atoms with van der Waals surface area (Å²) in [4.78, 5) is 4.18. The second kappa shape index (κ2) is 4.09. The van der Waals surface area contributed by atoms with Crippen LogP contribution < -0.4 is 0 Å². The summed E-state index contributed by atoms with van der Waals surface area (Å²) >= 11 is 0. The maximum absolute atomic E-state index is 11.0. The summed E-state index contributed by atoms with van der Waals surface area (Å²) < 4.78 is 0. The molecule has 2 heteroatoms. The summed E-state index contributed by atoms with van der Waals surface area (Å²) in [6.45, 7) is 8.79. The quantitative estimate of drug-likeness (QED) is 0.806. The van der Waals surface area contributed by atoms with Crippen LogP contribution in [0.2, 0.25) is 0 Å². The molecule has 17 heavy (non-hydrogen) atoms. The number of aliphatic hydroxyl groups is 1. The standard InChI is InChI=1S/C15H23NO/c1-11-7-14(3,4)10-15(17,8-11)13-9-16-6-5-12(13)2/h5-6,9,11,17H,7-8,10H2,1-4H3. The fourth-order valence-corrected chi connectivity index (χ4v) is 3.68. The molecule has 0 radical (unpaired) electrons. The number of nitrogens with zero attached hydrogens (tertiary/aromatic N) is 1. The van der Waals surface area contributed by atoms with Gasteiger partial charge in [-0.25, -0.2) is 0 Å². The molecule has 2 atom stereocenters. The predicted molar refractivity (Wildman–Crippen MR) is 69.7 cm³/mol. The van der Waals surface area contributed by atoms with Crippen molar-refractivity contribution in [1.29, 1.82) is 0 Å². The van der Waals surface area contributed by atoms with E-state index in [4.69, 9.17) is 0 Å². The van der Waals surface area contributed by atoms with Crippen molar-refractivity contribution in [2.45, 2.75) is 52.6 Å². The molecule has 0 bridgehead atoms. The van der Waals surface area contributed by atoms with Gasteiger partial charge in [-0.05, 0) is 49.1 Å². The van der Waals surface area contributed by atoms with Crippen LogP contribution in [-0.2, 0) is 5.60 Å². The highest BCUT2D eigenvalue weighted by Crippen LogP contribution is 2.48. The Morgan fingerprint density at radius 2 is 2.06 bits per heavy atom. The molecule has 2 nitrogen and oxygen atoms in total. The monoisotopic (exact) mass is 233 g/mol. The van der Waals surface area contributed by atoms with Gasteiger partial charge in [-0.2, -0.15) is 0 Å². The van der Waals surface area contributed by atoms with Gasteiger partial charge in [-0.1, -0.05) is 20.8 Å². The van der Waals surface area contributed by atoms with E-state index in [0.29, 0.717) is 5.92 Å². The maximum Gasteiger partial charge on any atom is 0.0921 e.